The molecule has 0 aromatic heterocycles. The van der Waals surface area contributed by atoms with Crippen LogP contribution in [0.15, 0.2) is 88.4 Å². The predicted octanol–water partition coefficient (Wildman–Crippen LogP) is 6.31. The first-order chi connectivity index (χ1) is 13.6. The number of nitrogens with one attached hydrogen (secondary N) is 1. The summed E-state index contributed by atoms with van der Waals surface area (Å²) in [6.45, 7) is 2.07. The highest BCUT2D eigenvalue weighted by Crippen LogP contribution is 2.33. The summed E-state index contributed by atoms with van der Waals surface area (Å²) in [6.07, 6.45) is 0.807. The Labute approximate surface area is 179 Å². The smallest absolute Gasteiger partial charge is 0.194 e. The fraction of sp³-hybridized carbons (Fsp3) is 0.130. The third kappa shape index (κ3) is 4.01. The van der Waals surface area contributed by atoms with E-state index in [1.54, 1.807) is 0 Å². The Morgan fingerprint density at radius 3 is 2.39 bits per heavy atom. The molecule has 0 spiro atoms. The second kappa shape index (κ2) is 8.25. The molecule has 0 fully saturated rings. The molecule has 1 N–H and O–H groups in total. The normalized spacial score (nSPS) is 16.0. The molecule has 140 valence electrons. The van der Waals surface area contributed by atoms with Crippen molar-refractivity contribution in [3.63, 3.8) is 0 Å². The van der Waals surface area contributed by atoms with Crippen LogP contribution >= 0.6 is 28.1 Å². The number of nitrogens with zero attached hydrogens (tertiary/aromatic N) is 2. The van der Waals surface area contributed by atoms with Crippen LogP contribution in [0.3, 0.4) is 0 Å². The fourth-order valence-electron chi connectivity index (χ4n) is 3.33. The van der Waals surface area contributed by atoms with E-state index in [2.05, 4.69) is 70.6 Å². The zero-order valence-electron chi connectivity index (χ0n) is 15.5. The van der Waals surface area contributed by atoms with Crippen molar-refractivity contribution in [2.75, 3.05) is 5.32 Å². The summed E-state index contributed by atoms with van der Waals surface area (Å²) in [5.41, 5.74) is 5.51. The van der Waals surface area contributed by atoms with E-state index in [1.165, 1.54) is 5.56 Å². The molecule has 3 aromatic rings. The van der Waals surface area contributed by atoms with E-state index < -0.39 is 0 Å². The minimum atomic E-state index is 0.0730. The van der Waals surface area contributed by atoms with Crippen LogP contribution in [0.5, 0.6) is 0 Å². The quantitative estimate of drug-likeness (QED) is 0.474. The maximum atomic E-state index is 5.76. The summed E-state index contributed by atoms with van der Waals surface area (Å²) >= 11 is 9.26. The molecular weight excluding hydrogens is 430 g/mol. The summed E-state index contributed by atoms with van der Waals surface area (Å²) in [7, 11) is 0. The number of thiocarbonyl (C=S) groups is 1. The molecule has 0 saturated heterocycles. The van der Waals surface area contributed by atoms with Gasteiger partial charge in [-0.05, 0) is 54.0 Å². The van der Waals surface area contributed by atoms with Crippen LogP contribution in [-0.2, 0) is 0 Å². The summed E-state index contributed by atoms with van der Waals surface area (Å²) in [4.78, 5) is 0. The SMILES string of the molecule is Cc1ccccc1NC(=S)N1N=C(c2ccc(Br)cc2)CC1c1ccccc1. The van der Waals surface area contributed by atoms with Crippen LogP contribution in [0.2, 0.25) is 0 Å². The molecule has 1 unspecified atom stereocenters. The van der Waals surface area contributed by atoms with E-state index in [-0.39, 0.29) is 6.04 Å². The van der Waals surface area contributed by atoms with Gasteiger partial charge in [-0.25, -0.2) is 5.01 Å². The molecule has 1 atom stereocenters. The largest absolute Gasteiger partial charge is 0.331 e. The Morgan fingerprint density at radius 1 is 1.00 bits per heavy atom. The predicted molar refractivity (Wildman–Crippen MR) is 124 cm³/mol. The van der Waals surface area contributed by atoms with Gasteiger partial charge >= 0.3 is 0 Å². The second-order valence-corrected chi connectivity index (χ2v) is 8.08. The number of halogens is 1. The molecule has 1 aliphatic rings. The molecule has 0 saturated carbocycles. The van der Waals surface area contributed by atoms with Gasteiger partial charge in [0.15, 0.2) is 5.11 Å². The molecule has 1 aliphatic heterocycles. The van der Waals surface area contributed by atoms with E-state index in [9.17, 15) is 0 Å². The van der Waals surface area contributed by atoms with Crippen molar-refractivity contribution in [3.8, 4) is 0 Å². The number of aryl methyl sites for hydroxylation is 1. The molecule has 4 rings (SSSR count). The van der Waals surface area contributed by atoms with Crippen molar-refractivity contribution in [3.05, 3.63) is 100 Å². The first-order valence-corrected chi connectivity index (χ1v) is 10.4. The van der Waals surface area contributed by atoms with Crippen molar-refractivity contribution in [2.45, 2.75) is 19.4 Å². The lowest BCUT2D eigenvalue weighted by molar-refractivity contribution is 0.375. The molecule has 0 bridgehead atoms. The van der Waals surface area contributed by atoms with E-state index in [0.29, 0.717) is 5.11 Å². The highest BCUT2D eigenvalue weighted by Gasteiger charge is 2.31. The lowest BCUT2D eigenvalue weighted by Gasteiger charge is -2.25. The third-order valence-electron chi connectivity index (χ3n) is 4.87. The van der Waals surface area contributed by atoms with Crippen LogP contribution < -0.4 is 5.32 Å². The molecule has 0 radical (unpaired) electrons. The van der Waals surface area contributed by atoms with Crippen LogP contribution in [0.25, 0.3) is 0 Å². The van der Waals surface area contributed by atoms with Gasteiger partial charge < -0.3 is 5.32 Å². The first-order valence-electron chi connectivity index (χ1n) is 9.16. The number of benzene rings is 3. The molecule has 28 heavy (non-hydrogen) atoms. The maximum absolute atomic E-state index is 5.76. The van der Waals surface area contributed by atoms with E-state index in [0.717, 1.165) is 33.4 Å². The van der Waals surface area contributed by atoms with Crippen molar-refractivity contribution >= 4 is 44.7 Å². The fourth-order valence-corrected chi connectivity index (χ4v) is 3.88. The Kier molecular flexibility index (Phi) is 5.55. The topological polar surface area (TPSA) is 27.6 Å². The first kappa shape index (κ1) is 18.8. The van der Waals surface area contributed by atoms with Gasteiger partial charge in [0.1, 0.15) is 0 Å². The van der Waals surface area contributed by atoms with E-state index >= 15 is 0 Å². The Hall–Kier alpha value is -2.50. The van der Waals surface area contributed by atoms with E-state index in [4.69, 9.17) is 17.3 Å². The van der Waals surface area contributed by atoms with Gasteiger partial charge in [0.2, 0.25) is 0 Å². The average molecular weight is 450 g/mol. The van der Waals surface area contributed by atoms with Crippen molar-refractivity contribution < 1.29 is 0 Å². The molecular formula is C23H20BrN3S. The van der Waals surface area contributed by atoms with Gasteiger partial charge in [0.05, 0.1) is 11.8 Å². The minimum Gasteiger partial charge on any atom is -0.331 e. The number of rotatable bonds is 3. The number of anilines is 1. The zero-order chi connectivity index (χ0) is 19.5. The summed E-state index contributed by atoms with van der Waals surface area (Å²) in [5, 5.41) is 10.8. The maximum Gasteiger partial charge on any atom is 0.194 e. The van der Waals surface area contributed by atoms with Gasteiger partial charge in [-0.3, -0.25) is 0 Å². The van der Waals surface area contributed by atoms with Crippen LogP contribution in [0.4, 0.5) is 5.69 Å². The zero-order valence-corrected chi connectivity index (χ0v) is 17.9. The highest BCUT2D eigenvalue weighted by atomic mass is 79.9. The van der Waals surface area contributed by atoms with E-state index in [1.807, 2.05) is 41.4 Å². The Bertz CT molecular complexity index is 1020. The number of hydrazone groups is 1. The second-order valence-electron chi connectivity index (χ2n) is 6.77. The minimum absolute atomic E-state index is 0.0730. The molecule has 1 heterocycles. The van der Waals surface area contributed by atoms with Gasteiger partial charge in [-0.1, -0.05) is 76.6 Å². The van der Waals surface area contributed by atoms with Crippen molar-refractivity contribution in [2.24, 2.45) is 5.10 Å². The number of hydrogen-bond acceptors (Lipinski definition) is 2. The molecule has 0 aliphatic carbocycles. The number of para-hydroxylation sites is 1. The molecule has 3 nitrogen and oxygen atoms in total. The highest BCUT2D eigenvalue weighted by molar-refractivity contribution is 9.10. The monoisotopic (exact) mass is 449 g/mol. The van der Waals surface area contributed by atoms with Crippen LogP contribution in [0, 0.1) is 6.92 Å². The Morgan fingerprint density at radius 2 is 1.68 bits per heavy atom. The van der Waals surface area contributed by atoms with Crippen molar-refractivity contribution in [1.29, 1.82) is 0 Å². The summed E-state index contributed by atoms with van der Waals surface area (Å²) in [5.74, 6) is 0. The lowest BCUT2D eigenvalue weighted by Crippen LogP contribution is -2.31. The summed E-state index contributed by atoms with van der Waals surface area (Å²) < 4.78 is 1.06. The standard InChI is InChI=1S/C23H20BrN3S/c1-16-7-5-6-10-20(16)25-23(28)27-22(18-8-3-2-4-9-18)15-21(26-27)17-11-13-19(24)14-12-17/h2-14,22H,15H2,1H3,(H,25,28). The van der Waals surface area contributed by atoms with Gasteiger partial charge in [-0.15, -0.1) is 0 Å². The molecule has 5 heteroatoms. The molecule has 3 aromatic carbocycles. The van der Waals surface area contributed by atoms with Gasteiger partial charge in [-0.2, -0.15) is 5.10 Å². The number of hydrogen-bond donors (Lipinski definition) is 1. The molecule has 0 amide bonds. The van der Waals surface area contributed by atoms with Crippen LogP contribution in [0.1, 0.15) is 29.2 Å². The van der Waals surface area contributed by atoms with Gasteiger partial charge in [0, 0.05) is 16.6 Å². The van der Waals surface area contributed by atoms with Crippen molar-refractivity contribution in [1.82, 2.24) is 5.01 Å². The lowest BCUT2D eigenvalue weighted by atomic mass is 9.99. The third-order valence-corrected chi connectivity index (χ3v) is 5.68. The Balaban J connectivity index is 1.66. The van der Waals surface area contributed by atoms with Crippen LogP contribution in [-0.4, -0.2) is 15.8 Å². The summed E-state index contributed by atoms with van der Waals surface area (Å²) in [6, 6.07) is 26.9. The van der Waals surface area contributed by atoms with Gasteiger partial charge in [0.25, 0.3) is 0 Å². The average Bonchev–Trinajstić information content (AvgIpc) is 3.16.